The number of aliphatic hydroxyl groups is 1. The molecule has 35 heavy (non-hydrogen) atoms. The molecule has 0 aromatic heterocycles. The van der Waals surface area contributed by atoms with Crippen molar-refractivity contribution >= 4 is 22.0 Å². The van der Waals surface area contributed by atoms with Gasteiger partial charge in [-0.25, -0.2) is 17.9 Å². The lowest BCUT2D eigenvalue weighted by atomic mass is 9.43. The topological polar surface area (TPSA) is 119 Å². The molecule has 0 aromatic carbocycles. The monoisotopic (exact) mass is 509 g/mol. The van der Waals surface area contributed by atoms with Crippen molar-refractivity contribution in [1.82, 2.24) is 4.72 Å². The summed E-state index contributed by atoms with van der Waals surface area (Å²) in [7, 11) is -3.24. The molecule has 196 valence electrons. The van der Waals surface area contributed by atoms with E-state index in [1.54, 1.807) is 0 Å². The number of hydrogen-bond donors (Lipinski definition) is 2. The molecular formula is C26H39NO7S. The normalized spacial score (nSPS) is 47.2. The number of carbonyl (C=O) groups excluding carboxylic acids is 2. The highest BCUT2D eigenvalue weighted by atomic mass is 32.2. The molecule has 5 rings (SSSR count). The van der Waals surface area contributed by atoms with E-state index in [0.29, 0.717) is 18.3 Å². The van der Waals surface area contributed by atoms with E-state index in [-0.39, 0.29) is 41.8 Å². The third kappa shape index (κ3) is 3.96. The average molecular weight is 510 g/mol. The Kier molecular flexibility index (Phi) is 5.96. The van der Waals surface area contributed by atoms with E-state index in [9.17, 15) is 23.1 Å². The van der Waals surface area contributed by atoms with Crippen molar-refractivity contribution in [3.8, 4) is 0 Å². The Morgan fingerprint density at radius 3 is 2.54 bits per heavy atom. The van der Waals surface area contributed by atoms with Crippen molar-refractivity contribution in [1.29, 1.82) is 0 Å². The summed E-state index contributed by atoms with van der Waals surface area (Å²) in [6, 6.07) is -0.0207. The summed E-state index contributed by atoms with van der Waals surface area (Å²) < 4.78 is 37.5. The first kappa shape index (κ1) is 25.2. The van der Waals surface area contributed by atoms with Gasteiger partial charge in [0.1, 0.15) is 12.7 Å². The molecule has 0 bridgehead atoms. The van der Waals surface area contributed by atoms with Crippen LogP contribution < -0.4 is 4.72 Å². The maximum Gasteiger partial charge on any atom is 0.331 e. The summed E-state index contributed by atoms with van der Waals surface area (Å²) in [5.41, 5.74) is -0.670. The summed E-state index contributed by atoms with van der Waals surface area (Å²) in [6.07, 6.45) is 8.80. The van der Waals surface area contributed by atoms with Crippen molar-refractivity contribution in [2.75, 3.05) is 12.9 Å². The van der Waals surface area contributed by atoms with Crippen LogP contribution in [0.5, 0.6) is 0 Å². The van der Waals surface area contributed by atoms with Crippen molar-refractivity contribution in [2.45, 2.75) is 89.9 Å². The third-order valence-corrected chi connectivity index (χ3v) is 11.4. The summed E-state index contributed by atoms with van der Waals surface area (Å²) in [5.74, 6) is -0.185. The number of esters is 2. The van der Waals surface area contributed by atoms with Gasteiger partial charge in [-0.15, -0.1) is 0 Å². The molecule has 8 nitrogen and oxygen atoms in total. The van der Waals surface area contributed by atoms with Gasteiger partial charge < -0.3 is 14.6 Å². The number of ether oxygens (including phenoxy) is 2. The molecular weight excluding hydrogens is 470 g/mol. The van der Waals surface area contributed by atoms with E-state index in [1.807, 2.05) is 0 Å². The molecule has 4 saturated carbocycles. The minimum Gasteiger partial charge on any atom is -0.462 e. The maximum absolute atomic E-state index is 12.5. The molecule has 9 atom stereocenters. The van der Waals surface area contributed by atoms with Crippen LogP contribution in [-0.4, -0.2) is 56.1 Å². The van der Waals surface area contributed by atoms with Gasteiger partial charge in [-0.1, -0.05) is 13.8 Å². The van der Waals surface area contributed by atoms with Gasteiger partial charge in [0.15, 0.2) is 0 Å². The molecule has 0 spiro atoms. The van der Waals surface area contributed by atoms with E-state index in [2.05, 4.69) is 18.6 Å². The smallest absolute Gasteiger partial charge is 0.331 e. The fraction of sp³-hybridized carbons (Fsp3) is 0.846. The molecule has 5 aliphatic rings. The van der Waals surface area contributed by atoms with Crippen LogP contribution in [0.1, 0.15) is 72.1 Å². The molecule has 1 aliphatic heterocycles. The third-order valence-electron chi connectivity index (χ3n) is 10.6. The Hall–Kier alpha value is -1.45. The molecule has 9 heteroatoms. The SMILES string of the molecule is CC(=O)O[C@H]1C[C@]2(O)[C@@H]3CC[C@@H]4C[C@@H](NS(C)(=O)=O)CC[C@]4(C)[C@H]3CC[C@]2(C)[C@H]1C1=CC(=O)OC1. The zero-order valence-corrected chi connectivity index (χ0v) is 22.0. The summed E-state index contributed by atoms with van der Waals surface area (Å²) in [5, 5.41) is 12.5. The Balaban J connectivity index is 1.45. The second-order valence-electron chi connectivity index (χ2n) is 12.4. The predicted molar refractivity (Wildman–Crippen MR) is 128 cm³/mol. The molecule has 0 unspecified atom stereocenters. The molecule has 0 saturated heterocycles. The molecule has 4 fully saturated rings. The zero-order chi connectivity index (χ0) is 25.4. The van der Waals surface area contributed by atoms with E-state index in [4.69, 9.17) is 9.47 Å². The number of hydrogen-bond acceptors (Lipinski definition) is 7. The van der Waals surface area contributed by atoms with Crippen LogP contribution in [0, 0.1) is 34.5 Å². The Morgan fingerprint density at radius 2 is 1.91 bits per heavy atom. The van der Waals surface area contributed by atoms with Crippen molar-refractivity contribution in [3.63, 3.8) is 0 Å². The average Bonchev–Trinajstić information content (AvgIpc) is 3.24. The number of fused-ring (bicyclic) bond motifs is 5. The van der Waals surface area contributed by atoms with Crippen LogP contribution in [-0.2, 0) is 29.1 Å². The lowest BCUT2D eigenvalue weighted by Gasteiger charge is -2.63. The first-order chi connectivity index (χ1) is 16.3. The Morgan fingerprint density at radius 1 is 1.17 bits per heavy atom. The number of sulfonamides is 1. The van der Waals surface area contributed by atoms with Gasteiger partial charge in [-0.3, -0.25) is 4.79 Å². The number of rotatable bonds is 4. The zero-order valence-electron chi connectivity index (χ0n) is 21.2. The Bertz CT molecular complexity index is 1060. The van der Waals surface area contributed by atoms with Crippen molar-refractivity contribution in [2.24, 2.45) is 34.5 Å². The van der Waals surface area contributed by atoms with Gasteiger partial charge in [-0.2, -0.15) is 0 Å². The highest BCUT2D eigenvalue weighted by Crippen LogP contribution is 2.70. The maximum atomic E-state index is 12.5. The van der Waals surface area contributed by atoms with Gasteiger partial charge in [0.2, 0.25) is 10.0 Å². The highest BCUT2D eigenvalue weighted by molar-refractivity contribution is 7.88. The van der Waals surface area contributed by atoms with E-state index in [0.717, 1.165) is 50.5 Å². The lowest BCUT2D eigenvalue weighted by molar-refractivity contribution is -0.204. The molecule has 0 aromatic rings. The quantitative estimate of drug-likeness (QED) is 0.559. The minimum absolute atomic E-state index is 0.0207. The first-order valence-corrected chi connectivity index (χ1v) is 14.9. The van der Waals surface area contributed by atoms with Crippen molar-refractivity contribution in [3.05, 3.63) is 11.6 Å². The lowest BCUT2D eigenvalue weighted by Crippen LogP contribution is -2.62. The van der Waals surface area contributed by atoms with Crippen LogP contribution in [0.15, 0.2) is 11.6 Å². The van der Waals surface area contributed by atoms with Gasteiger partial charge in [0.25, 0.3) is 0 Å². The minimum atomic E-state index is -3.24. The number of cyclic esters (lactones) is 1. The number of carbonyl (C=O) groups is 2. The van der Waals surface area contributed by atoms with Gasteiger partial charge in [-0.05, 0) is 73.7 Å². The van der Waals surface area contributed by atoms with E-state index >= 15 is 0 Å². The molecule has 4 aliphatic carbocycles. The predicted octanol–water partition coefficient (Wildman–Crippen LogP) is 2.70. The molecule has 0 amide bonds. The highest BCUT2D eigenvalue weighted by Gasteiger charge is 2.71. The Labute approximate surface area is 208 Å². The first-order valence-electron chi connectivity index (χ1n) is 13.0. The summed E-state index contributed by atoms with van der Waals surface area (Å²) >= 11 is 0. The molecule has 1 heterocycles. The van der Waals surface area contributed by atoms with Crippen molar-refractivity contribution < 1.29 is 32.6 Å². The van der Waals surface area contributed by atoms with Crippen LogP contribution in [0.25, 0.3) is 0 Å². The van der Waals surface area contributed by atoms with Gasteiger partial charge in [0.05, 0.1) is 11.9 Å². The van der Waals surface area contributed by atoms with Crippen LogP contribution >= 0.6 is 0 Å². The fourth-order valence-corrected chi connectivity index (χ4v) is 10.0. The molecule has 2 N–H and O–H groups in total. The van der Waals surface area contributed by atoms with Gasteiger partial charge in [0, 0.05) is 36.8 Å². The largest absolute Gasteiger partial charge is 0.462 e. The summed E-state index contributed by atoms with van der Waals surface area (Å²) in [4.78, 5) is 23.9. The van der Waals surface area contributed by atoms with Gasteiger partial charge >= 0.3 is 11.9 Å². The van der Waals surface area contributed by atoms with E-state index in [1.165, 1.54) is 19.3 Å². The second kappa shape index (κ2) is 8.28. The number of nitrogens with one attached hydrogen (secondary N) is 1. The van der Waals surface area contributed by atoms with Crippen LogP contribution in [0.3, 0.4) is 0 Å². The second-order valence-corrected chi connectivity index (χ2v) is 14.2. The van der Waals surface area contributed by atoms with Crippen LogP contribution in [0.4, 0.5) is 0 Å². The summed E-state index contributed by atoms with van der Waals surface area (Å²) in [6.45, 7) is 6.05. The standard InChI is InChI=1S/C26H39NO7S/c1-15(28)34-21-13-26(30)20-6-5-17-12-18(27-35(4,31)32)7-9-24(17,2)19(20)8-10-25(26,3)23(21)16-11-22(29)33-14-16/h11,17-21,23,27,30H,5-10,12-14H2,1-4H3/t17-,18+,19+,20-,21+,23+,24+,25-,26+/m1/s1. The fourth-order valence-electron chi connectivity index (χ4n) is 9.19. The van der Waals surface area contributed by atoms with E-state index < -0.39 is 27.1 Å². The molecule has 0 radical (unpaired) electrons. The van der Waals surface area contributed by atoms with Crippen LogP contribution in [0.2, 0.25) is 0 Å².